The van der Waals surface area contributed by atoms with Crippen LogP contribution in [-0.2, 0) is 5.41 Å². The van der Waals surface area contributed by atoms with Crippen molar-refractivity contribution in [2.75, 3.05) is 0 Å². The molecule has 4 heterocycles. The van der Waals surface area contributed by atoms with Crippen LogP contribution in [0.15, 0.2) is 158 Å². The number of fused-ring (bicyclic) bond motifs is 8. The van der Waals surface area contributed by atoms with Crippen LogP contribution in [-0.4, -0.2) is 19.1 Å². The van der Waals surface area contributed by atoms with Gasteiger partial charge in [-0.2, -0.15) is 0 Å². The molecule has 10 rings (SSSR count). The zero-order chi connectivity index (χ0) is 32.7. The minimum absolute atomic E-state index is 0.338. The summed E-state index contributed by atoms with van der Waals surface area (Å²) in [7, 11) is 0. The van der Waals surface area contributed by atoms with Crippen LogP contribution in [0.2, 0.25) is 0 Å². The molecule has 0 saturated heterocycles. The molecule has 4 heteroatoms. The molecule has 4 nitrogen and oxygen atoms in total. The molecule has 6 aromatic carbocycles. The van der Waals surface area contributed by atoms with Crippen LogP contribution in [0.3, 0.4) is 0 Å². The topological polar surface area (TPSA) is 35.6 Å². The second-order valence-corrected chi connectivity index (χ2v) is 13.5. The third-order valence-electron chi connectivity index (χ3n) is 10.3. The number of hydrogen-bond acceptors (Lipinski definition) is 2. The predicted molar refractivity (Wildman–Crippen MR) is 202 cm³/mol. The summed E-state index contributed by atoms with van der Waals surface area (Å²) in [4.78, 5) is 10.7. The van der Waals surface area contributed by atoms with Crippen LogP contribution in [0.5, 0.6) is 0 Å². The van der Waals surface area contributed by atoms with E-state index >= 15 is 0 Å². The Labute approximate surface area is 284 Å². The molecule has 0 atom stereocenters. The van der Waals surface area contributed by atoms with Gasteiger partial charge in [0.1, 0.15) is 0 Å². The zero-order valence-electron chi connectivity index (χ0n) is 27.3. The molecule has 0 aliphatic carbocycles. The van der Waals surface area contributed by atoms with Gasteiger partial charge in [-0.1, -0.05) is 129 Å². The highest BCUT2D eigenvalue weighted by atomic mass is 15.1. The van der Waals surface area contributed by atoms with Crippen LogP contribution in [0.1, 0.15) is 25.1 Å². The Morgan fingerprint density at radius 2 is 1.00 bits per heavy atom. The Bertz CT molecular complexity index is 2660. The molecule has 49 heavy (non-hydrogen) atoms. The molecule has 0 saturated carbocycles. The summed E-state index contributed by atoms with van der Waals surface area (Å²) in [6.45, 7) is 4.71. The van der Waals surface area contributed by atoms with Crippen molar-refractivity contribution >= 4 is 32.7 Å². The Morgan fingerprint density at radius 1 is 0.469 bits per heavy atom. The maximum Gasteiger partial charge on any atom is 0.162 e. The lowest BCUT2D eigenvalue weighted by Gasteiger charge is -2.22. The second kappa shape index (κ2) is 10.4. The van der Waals surface area contributed by atoms with Gasteiger partial charge in [0, 0.05) is 49.6 Å². The van der Waals surface area contributed by atoms with Gasteiger partial charge in [0.2, 0.25) is 0 Å². The van der Waals surface area contributed by atoms with Crippen molar-refractivity contribution in [3.8, 4) is 45.3 Å². The minimum Gasteiger partial charge on any atom is -0.312 e. The number of para-hydroxylation sites is 3. The molecular weight excluding hydrogens is 597 g/mol. The first-order chi connectivity index (χ1) is 24.1. The van der Waals surface area contributed by atoms with E-state index in [1.807, 2.05) is 12.1 Å². The van der Waals surface area contributed by atoms with Crippen molar-refractivity contribution < 1.29 is 0 Å². The number of hydrogen-bond donors (Lipinski definition) is 0. The molecule has 1 aliphatic rings. The van der Waals surface area contributed by atoms with E-state index < -0.39 is 0 Å². The number of rotatable bonds is 4. The average molecular weight is 629 g/mol. The summed E-state index contributed by atoms with van der Waals surface area (Å²) in [6, 6.07) is 56.0. The molecule has 9 aromatic rings. The third-order valence-corrected chi connectivity index (χ3v) is 10.3. The lowest BCUT2D eigenvalue weighted by Crippen LogP contribution is -2.17. The van der Waals surface area contributed by atoms with E-state index in [2.05, 4.69) is 169 Å². The van der Waals surface area contributed by atoms with Crippen molar-refractivity contribution in [3.63, 3.8) is 0 Å². The molecule has 0 spiro atoms. The quantitative estimate of drug-likeness (QED) is 0.194. The number of aromatic nitrogens is 4. The molecule has 3 aromatic heterocycles. The fourth-order valence-corrected chi connectivity index (χ4v) is 8.05. The first-order valence-electron chi connectivity index (χ1n) is 16.9. The zero-order valence-corrected chi connectivity index (χ0v) is 27.3. The summed E-state index contributed by atoms with van der Waals surface area (Å²) in [5, 5.41) is 3.65. The van der Waals surface area contributed by atoms with E-state index in [-0.39, 0.29) is 5.41 Å². The summed E-state index contributed by atoms with van der Waals surface area (Å²) in [5.41, 5.74) is 13.2. The summed E-state index contributed by atoms with van der Waals surface area (Å²) in [5.74, 6) is 0.745. The molecule has 1 aliphatic heterocycles. The van der Waals surface area contributed by atoms with Gasteiger partial charge in [-0.05, 0) is 48.0 Å². The van der Waals surface area contributed by atoms with Crippen LogP contribution < -0.4 is 0 Å². The van der Waals surface area contributed by atoms with Gasteiger partial charge in [0.15, 0.2) is 5.82 Å². The van der Waals surface area contributed by atoms with Gasteiger partial charge in [0.25, 0.3) is 0 Å². The number of benzene rings is 6. The van der Waals surface area contributed by atoms with E-state index in [1.54, 1.807) is 0 Å². The smallest absolute Gasteiger partial charge is 0.162 e. The monoisotopic (exact) mass is 628 g/mol. The van der Waals surface area contributed by atoms with Crippen molar-refractivity contribution in [3.05, 3.63) is 169 Å². The Balaban J connectivity index is 1.29. The van der Waals surface area contributed by atoms with Crippen LogP contribution in [0.4, 0.5) is 0 Å². The maximum atomic E-state index is 5.34. The van der Waals surface area contributed by atoms with E-state index in [0.29, 0.717) is 0 Å². The SMILES string of the molecule is CC1(C)c2cc3c(cc2-n2c1c(-c1nc(-c4ccccc4)cc(-c4ccccc4)n1)c1ccccc12)c1ccccc1n3-c1ccccc1. The minimum atomic E-state index is -0.338. The van der Waals surface area contributed by atoms with Gasteiger partial charge in [0.05, 0.1) is 33.6 Å². The van der Waals surface area contributed by atoms with E-state index in [1.165, 1.54) is 44.3 Å². The highest BCUT2D eigenvalue weighted by Gasteiger charge is 2.42. The summed E-state index contributed by atoms with van der Waals surface area (Å²) >= 11 is 0. The Hall–Kier alpha value is -6.26. The largest absolute Gasteiger partial charge is 0.312 e. The van der Waals surface area contributed by atoms with E-state index in [0.717, 1.165) is 45.0 Å². The maximum absolute atomic E-state index is 5.34. The highest BCUT2D eigenvalue weighted by Crippen LogP contribution is 2.53. The lowest BCUT2D eigenvalue weighted by molar-refractivity contribution is 0.646. The van der Waals surface area contributed by atoms with Gasteiger partial charge in [-0.25, -0.2) is 9.97 Å². The molecule has 0 unspecified atom stereocenters. The Kier molecular flexibility index (Phi) is 5.89. The van der Waals surface area contributed by atoms with Gasteiger partial charge in [-0.3, -0.25) is 0 Å². The third kappa shape index (κ3) is 4.04. The number of nitrogens with zero attached hydrogens (tertiary/aromatic N) is 4. The second-order valence-electron chi connectivity index (χ2n) is 13.5. The fourth-order valence-electron chi connectivity index (χ4n) is 8.05. The van der Waals surface area contributed by atoms with Crippen molar-refractivity contribution in [2.45, 2.75) is 19.3 Å². The molecule has 0 N–H and O–H groups in total. The van der Waals surface area contributed by atoms with Crippen LogP contribution >= 0.6 is 0 Å². The summed E-state index contributed by atoms with van der Waals surface area (Å²) < 4.78 is 4.89. The molecule has 0 bridgehead atoms. The van der Waals surface area contributed by atoms with Crippen molar-refractivity contribution in [2.24, 2.45) is 0 Å². The standard InChI is InChI=1S/C45H32N4/c1-45(2)35-27-40-34(32-22-12-14-24-38(32)48(40)31-20-10-5-11-21-31)26-41(35)49-39-25-15-13-23-33(39)42(43(45)49)44-46-36(29-16-6-3-7-17-29)28-37(47-44)30-18-8-4-9-19-30/h3-28H,1-2H3. The Morgan fingerprint density at radius 3 is 1.63 bits per heavy atom. The summed E-state index contributed by atoms with van der Waals surface area (Å²) in [6.07, 6.45) is 0. The van der Waals surface area contributed by atoms with Gasteiger partial charge >= 0.3 is 0 Å². The van der Waals surface area contributed by atoms with Gasteiger partial charge < -0.3 is 9.13 Å². The highest BCUT2D eigenvalue weighted by molar-refractivity contribution is 6.11. The van der Waals surface area contributed by atoms with Crippen molar-refractivity contribution in [1.29, 1.82) is 0 Å². The fraction of sp³-hybridized carbons (Fsp3) is 0.0667. The molecule has 232 valence electrons. The molecular formula is C45H32N4. The first kappa shape index (κ1) is 27.8. The lowest BCUT2D eigenvalue weighted by atomic mass is 9.80. The molecule has 0 amide bonds. The van der Waals surface area contributed by atoms with Crippen LogP contribution in [0, 0.1) is 0 Å². The van der Waals surface area contributed by atoms with E-state index in [4.69, 9.17) is 9.97 Å². The van der Waals surface area contributed by atoms with Gasteiger partial charge in [-0.15, -0.1) is 0 Å². The normalized spacial score (nSPS) is 13.3. The first-order valence-corrected chi connectivity index (χ1v) is 16.9. The van der Waals surface area contributed by atoms with E-state index in [9.17, 15) is 0 Å². The van der Waals surface area contributed by atoms with Crippen molar-refractivity contribution in [1.82, 2.24) is 19.1 Å². The van der Waals surface area contributed by atoms with Crippen LogP contribution in [0.25, 0.3) is 78.0 Å². The predicted octanol–water partition coefficient (Wildman–Crippen LogP) is 11.2. The molecule has 0 fully saturated rings. The molecule has 0 radical (unpaired) electrons. The average Bonchev–Trinajstić information content (AvgIpc) is 3.76.